The van der Waals surface area contributed by atoms with Gasteiger partial charge in [-0.05, 0) is 34.1 Å². The first-order chi connectivity index (χ1) is 7.34. The lowest BCUT2D eigenvalue weighted by Crippen LogP contribution is -2.13. The average molecular weight is 331 g/mol. The molecule has 1 amide bonds. The smallest absolute Gasteiger partial charge is 0.261 e. The van der Waals surface area contributed by atoms with Crippen LogP contribution in [0, 0.1) is 0 Å². The Hall–Kier alpha value is -0.660. The Morgan fingerprint density at radius 1 is 1.50 bits per heavy atom. The minimum atomic E-state index is -3.82. The third-order valence-electron chi connectivity index (χ3n) is 1.62. The molecule has 1 aromatic carbocycles. The number of carbonyl (C=O) groups excluding carboxylic acids is 1. The molecule has 0 saturated heterocycles. The van der Waals surface area contributed by atoms with Crippen LogP contribution in [-0.4, -0.2) is 21.0 Å². The van der Waals surface area contributed by atoms with Crippen LogP contribution < -0.4 is 5.32 Å². The zero-order chi connectivity index (χ0) is 12.3. The molecule has 0 saturated carbocycles. The number of amides is 1. The number of hydrogen-bond acceptors (Lipinski definition) is 3. The van der Waals surface area contributed by atoms with Gasteiger partial charge in [0.25, 0.3) is 15.0 Å². The van der Waals surface area contributed by atoms with Crippen molar-refractivity contribution < 1.29 is 17.6 Å². The summed E-state index contributed by atoms with van der Waals surface area (Å²) in [5.74, 6) is -0.817. The minimum absolute atomic E-state index is 0.112. The quantitative estimate of drug-likeness (QED) is 0.865. The van der Waals surface area contributed by atoms with Gasteiger partial charge in [-0.1, -0.05) is 0 Å². The lowest BCUT2D eigenvalue weighted by Gasteiger charge is -2.06. The molecule has 0 spiro atoms. The molecule has 0 fully saturated rings. The summed E-state index contributed by atoms with van der Waals surface area (Å²) in [6.07, 6.45) is 0. The Morgan fingerprint density at radius 3 is 2.56 bits per heavy atom. The number of benzene rings is 1. The Labute approximate surface area is 104 Å². The van der Waals surface area contributed by atoms with Crippen molar-refractivity contribution in [2.24, 2.45) is 0 Å². The zero-order valence-corrected chi connectivity index (χ0v) is 10.9. The normalized spacial score (nSPS) is 11.2. The number of nitrogens with one attached hydrogen (secondary N) is 1. The van der Waals surface area contributed by atoms with Crippen LogP contribution in [0.5, 0.6) is 0 Å². The zero-order valence-electron chi connectivity index (χ0n) is 7.71. The lowest BCUT2D eigenvalue weighted by molar-refractivity contribution is -0.117. The first-order valence-electron chi connectivity index (χ1n) is 3.94. The van der Waals surface area contributed by atoms with Crippen molar-refractivity contribution in [1.29, 1.82) is 0 Å². The SMILES string of the molecule is O=C(CF)Nc1ccc(S(=O)(=O)Cl)cc1Br. The molecule has 0 aliphatic rings. The summed E-state index contributed by atoms with van der Waals surface area (Å²) < 4.78 is 34.2. The maximum Gasteiger partial charge on any atom is 0.261 e. The Morgan fingerprint density at radius 2 is 2.12 bits per heavy atom. The Kier molecular flexibility index (Phi) is 4.28. The van der Waals surface area contributed by atoms with Crippen molar-refractivity contribution in [3.8, 4) is 0 Å². The van der Waals surface area contributed by atoms with Gasteiger partial charge in [0.2, 0.25) is 0 Å². The number of hydrogen-bond donors (Lipinski definition) is 1. The predicted molar refractivity (Wildman–Crippen MR) is 61.8 cm³/mol. The summed E-state index contributed by atoms with van der Waals surface area (Å²) in [5.41, 5.74) is 0.270. The van der Waals surface area contributed by atoms with Gasteiger partial charge >= 0.3 is 0 Å². The topological polar surface area (TPSA) is 63.2 Å². The van der Waals surface area contributed by atoms with Gasteiger partial charge in [0.05, 0.1) is 10.6 Å². The van der Waals surface area contributed by atoms with Gasteiger partial charge in [-0.15, -0.1) is 0 Å². The van der Waals surface area contributed by atoms with Crippen LogP contribution in [0.2, 0.25) is 0 Å². The van der Waals surface area contributed by atoms with E-state index in [0.717, 1.165) is 0 Å². The van der Waals surface area contributed by atoms with E-state index in [2.05, 4.69) is 21.2 Å². The molecular weight excluding hydrogens is 325 g/mol. The van der Waals surface area contributed by atoms with E-state index in [1.807, 2.05) is 0 Å². The molecule has 0 atom stereocenters. The maximum atomic E-state index is 11.9. The molecule has 0 aliphatic carbocycles. The monoisotopic (exact) mass is 329 g/mol. The van der Waals surface area contributed by atoms with Crippen LogP contribution in [0.4, 0.5) is 10.1 Å². The molecule has 4 nitrogen and oxygen atoms in total. The minimum Gasteiger partial charge on any atom is -0.323 e. The van der Waals surface area contributed by atoms with E-state index in [-0.39, 0.29) is 10.6 Å². The van der Waals surface area contributed by atoms with Gasteiger partial charge in [0.15, 0.2) is 6.67 Å². The standard InChI is InChI=1S/C8H6BrClFNO3S/c9-6-3-5(16(10,14)15)1-2-7(6)12-8(13)4-11/h1-3H,4H2,(H,12,13). The highest BCUT2D eigenvalue weighted by molar-refractivity contribution is 9.10. The Balaban J connectivity index is 3.06. The summed E-state index contributed by atoms with van der Waals surface area (Å²) in [6, 6.07) is 3.74. The number of rotatable bonds is 3. The highest BCUT2D eigenvalue weighted by Crippen LogP contribution is 2.27. The fourth-order valence-corrected chi connectivity index (χ4v) is 2.34. The van der Waals surface area contributed by atoms with E-state index in [1.54, 1.807) is 0 Å². The second-order valence-electron chi connectivity index (χ2n) is 2.76. The first-order valence-corrected chi connectivity index (χ1v) is 7.05. The van der Waals surface area contributed by atoms with E-state index in [9.17, 15) is 17.6 Å². The van der Waals surface area contributed by atoms with Gasteiger partial charge in [0, 0.05) is 15.2 Å². The molecule has 16 heavy (non-hydrogen) atoms. The van der Waals surface area contributed by atoms with E-state index in [0.29, 0.717) is 4.47 Å². The van der Waals surface area contributed by atoms with Crippen molar-refractivity contribution in [3.63, 3.8) is 0 Å². The highest BCUT2D eigenvalue weighted by Gasteiger charge is 2.12. The molecule has 88 valence electrons. The molecule has 0 heterocycles. The summed E-state index contributed by atoms with van der Waals surface area (Å²) in [6.45, 7) is -1.15. The average Bonchev–Trinajstić information content (AvgIpc) is 2.19. The van der Waals surface area contributed by atoms with Crippen molar-refractivity contribution in [1.82, 2.24) is 0 Å². The maximum absolute atomic E-state index is 11.9. The van der Waals surface area contributed by atoms with Gasteiger partial charge in [-0.2, -0.15) is 0 Å². The molecule has 0 unspecified atom stereocenters. The number of halogens is 3. The molecule has 1 aromatic rings. The van der Waals surface area contributed by atoms with E-state index < -0.39 is 21.6 Å². The third-order valence-corrected chi connectivity index (χ3v) is 3.63. The Bertz CT molecular complexity index is 520. The fourth-order valence-electron chi connectivity index (χ4n) is 0.932. The van der Waals surface area contributed by atoms with Gasteiger partial charge < -0.3 is 5.32 Å². The fraction of sp³-hybridized carbons (Fsp3) is 0.125. The third kappa shape index (κ3) is 3.43. The van der Waals surface area contributed by atoms with Crippen LogP contribution in [0.1, 0.15) is 0 Å². The van der Waals surface area contributed by atoms with E-state index in [1.165, 1.54) is 18.2 Å². The van der Waals surface area contributed by atoms with Crippen LogP contribution in [-0.2, 0) is 13.8 Å². The largest absolute Gasteiger partial charge is 0.323 e. The van der Waals surface area contributed by atoms with Crippen molar-refractivity contribution in [2.75, 3.05) is 12.0 Å². The molecular formula is C8H6BrClFNO3S. The van der Waals surface area contributed by atoms with Crippen LogP contribution in [0.15, 0.2) is 27.6 Å². The molecule has 0 aromatic heterocycles. The summed E-state index contributed by atoms with van der Waals surface area (Å²) in [7, 11) is 1.30. The van der Waals surface area contributed by atoms with Gasteiger partial charge in [-0.3, -0.25) is 4.79 Å². The van der Waals surface area contributed by atoms with Gasteiger partial charge in [0.1, 0.15) is 0 Å². The van der Waals surface area contributed by atoms with Crippen LogP contribution in [0.25, 0.3) is 0 Å². The first kappa shape index (κ1) is 13.4. The molecule has 1 rings (SSSR count). The van der Waals surface area contributed by atoms with E-state index >= 15 is 0 Å². The number of alkyl halides is 1. The second kappa shape index (κ2) is 5.11. The van der Waals surface area contributed by atoms with Crippen molar-refractivity contribution in [2.45, 2.75) is 4.90 Å². The molecule has 1 N–H and O–H groups in total. The lowest BCUT2D eigenvalue weighted by atomic mass is 10.3. The summed E-state index contributed by atoms with van der Waals surface area (Å²) in [5, 5.41) is 2.24. The second-order valence-corrected chi connectivity index (χ2v) is 6.18. The van der Waals surface area contributed by atoms with Crippen LogP contribution >= 0.6 is 26.6 Å². The van der Waals surface area contributed by atoms with Crippen molar-refractivity contribution in [3.05, 3.63) is 22.7 Å². The molecule has 0 bridgehead atoms. The van der Waals surface area contributed by atoms with Crippen molar-refractivity contribution >= 4 is 47.3 Å². The number of anilines is 1. The number of carbonyl (C=O) groups is 1. The van der Waals surface area contributed by atoms with Crippen LogP contribution in [0.3, 0.4) is 0 Å². The highest BCUT2D eigenvalue weighted by atomic mass is 79.9. The predicted octanol–water partition coefficient (Wildman–Crippen LogP) is 2.28. The van der Waals surface area contributed by atoms with E-state index in [4.69, 9.17) is 10.7 Å². The summed E-state index contributed by atoms with van der Waals surface area (Å²) in [4.78, 5) is 10.7. The molecule has 8 heteroatoms. The molecule has 0 radical (unpaired) electrons. The van der Waals surface area contributed by atoms with Gasteiger partial charge in [-0.25, -0.2) is 12.8 Å². The molecule has 0 aliphatic heterocycles. The summed E-state index contributed by atoms with van der Waals surface area (Å²) >= 11 is 3.04.